The number of esters is 1. The average Bonchev–Trinajstić information content (AvgIpc) is 3.05. The van der Waals surface area contributed by atoms with Crippen LogP contribution in [0.15, 0.2) is 76.1 Å². The van der Waals surface area contributed by atoms with Gasteiger partial charge in [0.1, 0.15) is 6.04 Å². The van der Waals surface area contributed by atoms with Crippen molar-refractivity contribution < 1.29 is 22.7 Å². The number of ether oxygens (including phenoxy) is 1. The topological polar surface area (TPSA) is 92.8 Å². The summed E-state index contributed by atoms with van der Waals surface area (Å²) in [6.45, 7) is 2.57. The number of amides is 1. The Balaban J connectivity index is 0.00000576. The molecule has 46 heavy (non-hydrogen) atoms. The second-order valence-electron chi connectivity index (χ2n) is 11.6. The van der Waals surface area contributed by atoms with Crippen LogP contribution in [0.4, 0.5) is 0 Å². The van der Waals surface area contributed by atoms with Crippen LogP contribution in [-0.2, 0) is 26.1 Å². The van der Waals surface area contributed by atoms with E-state index in [1.54, 1.807) is 46.4 Å². The summed E-state index contributed by atoms with van der Waals surface area (Å²) in [7, 11) is -2.47. The molecule has 1 saturated carbocycles. The fourth-order valence-corrected chi connectivity index (χ4v) is 8.07. The molecule has 0 saturated heterocycles. The molecule has 1 aliphatic rings. The summed E-state index contributed by atoms with van der Waals surface area (Å²) in [5.74, 6) is 0.336. The van der Waals surface area contributed by atoms with Crippen molar-refractivity contribution in [3.63, 3.8) is 0 Å². The number of rotatable bonds is 14. The van der Waals surface area contributed by atoms with Crippen molar-refractivity contribution in [3.05, 3.63) is 87.9 Å². The number of methoxy groups -OCH3 is 1. The van der Waals surface area contributed by atoms with Gasteiger partial charge in [0.25, 0.3) is 5.91 Å². The van der Waals surface area contributed by atoms with Crippen molar-refractivity contribution in [2.75, 3.05) is 25.7 Å². The molecular weight excluding hydrogens is 679 g/mol. The number of nitrogens with one attached hydrogen (secondary N) is 1. The van der Waals surface area contributed by atoms with Crippen LogP contribution in [0.25, 0.3) is 11.1 Å². The van der Waals surface area contributed by atoms with Gasteiger partial charge in [-0.25, -0.2) is 13.2 Å². The van der Waals surface area contributed by atoms with Crippen molar-refractivity contribution in [1.82, 2.24) is 9.62 Å². The second-order valence-corrected chi connectivity index (χ2v) is 15.4. The number of carbonyl (C=O) groups excluding carboxylic acids is 2. The number of sulfonamides is 1. The third-order valence-electron chi connectivity index (χ3n) is 8.49. The number of halogens is 1. The Hall–Kier alpha value is -2.06. The molecule has 0 aromatic heterocycles. The molecule has 11 heteroatoms. The molecule has 4 rings (SSSR count). The van der Waals surface area contributed by atoms with E-state index in [0.29, 0.717) is 35.8 Å². The quantitative estimate of drug-likeness (QED) is 0.140. The van der Waals surface area contributed by atoms with E-state index in [0.717, 1.165) is 40.4 Å². The van der Waals surface area contributed by atoms with Crippen molar-refractivity contribution in [1.29, 1.82) is 0 Å². The van der Waals surface area contributed by atoms with Crippen LogP contribution in [0.2, 0.25) is 0 Å². The van der Waals surface area contributed by atoms with Crippen LogP contribution in [0.5, 0.6) is 0 Å². The summed E-state index contributed by atoms with van der Waals surface area (Å²) in [4.78, 5) is 26.4. The predicted octanol–water partition coefficient (Wildman–Crippen LogP) is 7.23. The Bertz CT molecular complexity index is 1560. The Kier molecular flexibility index (Phi) is 15.4. The standard InChI is InChI=1S/C35H43BrN2O5S2.Li/c1-25-9-7-8-12-30(25)32-23-27(13-18-31(32)34(39)37-33(20-22-44-3)35(40)43-2)24-38(21-19-26-10-5-4-6-11-26)45(41,42)29-16-14-28(36)15-17-29;/h7-9,12-18,23,26,33H,4-6,10-11,19-22,24H2,1-3H3,(H,37,39);/t33-;/m0./s1. The largest absolute Gasteiger partial charge is 0.467 e. The first-order chi connectivity index (χ1) is 21.6. The second kappa shape index (κ2) is 18.5. The van der Waals surface area contributed by atoms with E-state index in [1.807, 2.05) is 49.6 Å². The minimum atomic E-state index is -3.79. The third-order valence-corrected chi connectivity index (χ3v) is 11.5. The number of hydrogen-bond donors (Lipinski definition) is 1. The molecule has 0 unspecified atom stereocenters. The van der Waals surface area contributed by atoms with Crippen LogP contribution < -0.4 is 5.32 Å². The monoisotopic (exact) mass is 721 g/mol. The van der Waals surface area contributed by atoms with Crippen LogP contribution in [0, 0.1) is 12.8 Å². The summed E-state index contributed by atoms with van der Waals surface area (Å²) in [5, 5.41) is 2.88. The normalized spacial score (nSPS) is 14.4. The molecule has 0 heterocycles. The molecule has 0 aliphatic heterocycles. The smallest absolute Gasteiger partial charge is 0.328 e. The fraction of sp³-hybridized carbons (Fsp3) is 0.429. The van der Waals surface area contributed by atoms with Crippen LogP contribution in [0.3, 0.4) is 0 Å². The van der Waals surface area contributed by atoms with Gasteiger partial charge in [0.15, 0.2) is 0 Å². The number of thioether (sulfide) groups is 1. The van der Waals surface area contributed by atoms with Gasteiger partial charge in [0.05, 0.1) is 12.0 Å². The van der Waals surface area contributed by atoms with Gasteiger partial charge in [-0.3, -0.25) is 4.79 Å². The van der Waals surface area contributed by atoms with Crippen LogP contribution in [0.1, 0.15) is 66.4 Å². The Morgan fingerprint density at radius 1 is 1.02 bits per heavy atom. The number of aryl methyl sites for hydroxylation is 1. The summed E-state index contributed by atoms with van der Waals surface area (Å²) in [5.41, 5.74) is 3.72. The van der Waals surface area contributed by atoms with Gasteiger partial charge in [-0.2, -0.15) is 16.1 Å². The van der Waals surface area contributed by atoms with E-state index in [4.69, 9.17) is 4.74 Å². The van der Waals surface area contributed by atoms with E-state index in [9.17, 15) is 18.0 Å². The van der Waals surface area contributed by atoms with E-state index >= 15 is 0 Å². The average molecular weight is 723 g/mol. The molecule has 1 fully saturated rings. The van der Waals surface area contributed by atoms with Gasteiger partial charge in [-0.1, -0.05) is 78.4 Å². The molecule has 1 radical (unpaired) electrons. The fourth-order valence-electron chi connectivity index (χ4n) is 5.89. The SMILES string of the molecule is COC(=O)[C@H](CCSC)NC(=O)c1ccc(CN(CCC2CCCCC2)S(=O)(=O)c2ccc(Br)cc2)cc1-c1ccccc1C.[Li]. The maximum atomic E-state index is 14.0. The molecule has 1 amide bonds. The molecule has 243 valence electrons. The maximum absolute atomic E-state index is 14.0. The van der Waals surface area contributed by atoms with E-state index in [1.165, 1.54) is 26.4 Å². The van der Waals surface area contributed by atoms with Crippen molar-refractivity contribution in [2.45, 2.75) is 69.4 Å². The van der Waals surface area contributed by atoms with Crippen molar-refractivity contribution >= 4 is 68.5 Å². The molecule has 1 aliphatic carbocycles. The van der Waals surface area contributed by atoms with Crippen LogP contribution in [-0.4, -0.2) is 75.2 Å². The predicted molar refractivity (Wildman–Crippen MR) is 192 cm³/mol. The molecule has 7 nitrogen and oxygen atoms in total. The first-order valence-electron chi connectivity index (χ1n) is 15.5. The molecule has 0 bridgehead atoms. The Morgan fingerprint density at radius 3 is 2.37 bits per heavy atom. The van der Waals surface area contributed by atoms with E-state index in [-0.39, 0.29) is 36.2 Å². The van der Waals surface area contributed by atoms with Gasteiger partial charge in [-0.05, 0) is 96.3 Å². The molecule has 0 spiro atoms. The summed E-state index contributed by atoms with van der Waals surface area (Å²) in [6.07, 6.45) is 9.11. The van der Waals surface area contributed by atoms with Crippen molar-refractivity contribution in [2.24, 2.45) is 5.92 Å². The zero-order valence-corrected chi connectivity index (χ0v) is 30.5. The summed E-state index contributed by atoms with van der Waals surface area (Å²) < 4.78 is 35.4. The number of benzene rings is 3. The number of carbonyl (C=O) groups is 2. The molecule has 1 N–H and O–H groups in total. The third kappa shape index (κ3) is 10.2. The molecule has 3 aromatic carbocycles. The summed E-state index contributed by atoms with van der Waals surface area (Å²) in [6, 6.07) is 19.2. The Labute approximate surface area is 299 Å². The van der Waals surface area contributed by atoms with Gasteiger partial charge in [-0.15, -0.1) is 0 Å². The van der Waals surface area contributed by atoms with Gasteiger partial charge < -0.3 is 10.1 Å². The van der Waals surface area contributed by atoms with Crippen molar-refractivity contribution in [3.8, 4) is 11.1 Å². The van der Waals surface area contributed by atoms with Gasteiger partial charge in [0, 0.05) is 42.0 Å². The van der Waals surface area contributed by atoms with Gasteiger partial charge in [0.2, 0.25) is 10.0 Å². The summed E-state index contributed by atoms with van der Waals surface area (Å²) >= 11 is 5.00. The minimum absolute atomic E-state index is 0. The van der Waals surface area contributed by atoms with E-state index < -0.39 is 22.0 Å². The zero-order chi connectivity index (χ0) is 32.4. The first-order valence-corrected chi connectivity index (χ1v) is 19.1. The molecule has 3 aromatic rings. The molecular formula is C35H43BrLiN2O5S2. The van der Waals surface area contributed by atoms with Gasteiger partial charge >= 0.3 is 5.97 Å². The first kappa shape index (κ1) is 38.4. The van der Waals surface area contributed by atoms with E-state index in [2.05, 4.69) is 21.2 Å². The zero-order valence-electron chi connectivity index (χ0n) is 27.3. The van der Waals surface area contributed by atoms with Crippen LogP contribution >= 0.6 is 27.7 Å². The number of hydrogen-bond acceptors (Lipinski definition) is 6. The Morgan fingerprint density at radius 2 is 1.72 bits per heavy atom. The molecule has 1 atom stereocenters. The number of nitrogens with zero attached hydrogens (tertiary/aromatic N) is 1. The maximum Gasteiger partial charge on any atom is 0.328 e. The minimum Gasteiger partial charge on any atom is -0.467 e.